The van der Waals surface area contributed by atoms with E-state index in [9.17, 15) is 9.90 Å². The fourth-order valence-corrected chi connectivity index (χ4v) is 2.47. The zero-order chi connectivity index (χ0) is 15.9. The Morgan fingerprint density at radius 1 is 1.38 bits per heavy atom. The maximum absolute atomic E-state index is 12.1. The number of carbonyl (C=O) groups is 1. The molecule has 0 aromatic heterocycles. The largest absolute Gasteiger partial charge is 0.444 e. The van der Waals surface area contributed by atoms with Gasteiger partial charge in [-0.3, -0.25) is 0 Å². The highest BCUT2D eigenvalue weighted by atomic mass is 16.6. The number of carbonyl (C=O) groups excluding carboxylic acids is 1. The predicted molar refractivity (Wildman–Crippen MR) is 84.4 cm³/mol. The zero-order valence-electron chi connectivity index (χ0n) is 14.0. The van der Waals surface area contributed by atoms with Crippen molar-refractivity contribution in [3.63, 3.8) is 0 Å². The number of nitrogens with zero attached hydrogens (tertiary/aromatic N) is 1. The summed E-state index contributed by atoms with van der Waals surface area (Å²) in [5.41, 5.74) is -0.433. The van der Waals surface area contributed by atoms with Gasteiger partial charge in [0, 0.05) is 19.1 Å². The molecule has 5 nitrogen and oxygen atoms in total. The molecule has 0 aliphatic carbocycles. The Kier molecular flexibility index (Phi) is 7.46. The number of aliphatic hydroxyl groups excluding tert-OH is 1. The van der Waals surface area contributed by atoms with Crippen LogP contribution < -0.4 is 5.32 Å². The second kappa shape index (κ2) is 8.59. The van der Waals surface area contributed by atoms with Crippen LogP contribution in [0, 0.1) is 0 Å². The van der Waals surface area contributed by atoms with Gasteiger partial charge in [0.15, 0.2) is 0 Å². The van der Waals surface area contributed by atoms with E-state index in [2.05, 4.69) is 5.32 Å². The summed E-state index contributed by atoms with van der Waals surface area (Å²) in [6.45, 7) is 10.0. The SMILES string of the molecule is CCC(O)CCNC1CCCN(C(=O)OC(C)(C)C)CC1. The minimum atomic E-state index is -0.433. The lowest BCUT2D eigenvalue weighted by Gasteiger charge is -2.26. The van der Waals surface area contributed by atoms with Crippen molar-refractivity contribution in [3.8, 4) is 0 Å². The first-order valence-corrected chi connectivity index (χ1v) is 8.21. The van der Waals surface area contributed by atoms with Gasteiger partial charge in [-0.2, -0.15) is 0 Å². The quantitative estimate of drug-likeness (QED) is 0.819. The van der Waals surface area contributed by atoms with Crippen LogP contribution in [0.4, 0.5) is 4.79 Å². The summed E-state index contributed by atoms with van der Waals surface area (Å²) in [5, 5.41) is 13.1. The van der Waals surface area contributed by atoms with Crippen molar-refractivity contribution in [2.45, 2.75) is 77.5 Å². The molecule has 0 radical (unpaired) electrons. The highest BCUT2D eigenvalue weighted by molar-refractivity contribution is 5.68. The van der Waals surface area contributed by atoms with Crippen molar-refractivity contribution < 1.29 is 14.6 Å². The van der Waals surface area contributed by atoms with Crippen molar-refractivity contribution in [3.05, 3.63) is 0 Å². The van der Waals surface area contributed by atoms with E-state index < -0.39 is 5.60 Å². The van der Waals surface area contributed by atoms with Gasteiger partial charge in [0.05, 0.1) is 6.10 Å². The topological polar surface area (TPSA) is 61.8 Å². The number of likely N-dealkylation sites (tertiary alicyclic amines) is 1. The smallest absolute Gasteiger partial charge is 0.410 e. The van der Waals surface area contributed by atoms with Crippen LogP contribution in [0.5, 0.6) is 0 Å². The van der Waals surface area contributed by atoms with Gasteiger partial charge in [-0.1, -0.05) is 6.92 Å². The van der Waals surface area contributed by atoms with Crippen LogP contribution in [0.1, 0.15) is 59.8 Å². The van der Waals surface area contributed by atoms with Gasteiger partial charge < -0.3 is 20.1 Å². The molecule has 1 rings (SSSR count). The molecule has 0 aromatic carbocycles. The molecule has 5 heteroatoms. The van der Waals surface area contributed by atoms with E-state index in [4.69, 9.17) is 4.74 Å². The predicted octanol–water partition coefficient (Wildman–Crippen LogP) is 2.53. The minimum absolute atomic E-state index is 0.204. The molecule has 1 aliphatic rings. The summed E-state index contributed by atoms with van der Waals surface area (Å²) >= 11 is 0. The van der Waals surface area contributed by atoms with Gasteiger partial charge in [0.25, 0.3) is 0 Å². The summed E-state index contributed by atoms with van der Waals surface area (Å²) in [7, 11) is 0. The van der Waals surface area contributed by atoms with E-state index in [1.165, 1.54) is 0 Å². The van der Waals surface area contributed by atoms with Crippen molar-refractivity contribution in [2.75, 3.05) is 19.6 Å². The lowest BCUT2D eigenvalue weighted by molar-refractivity contribution is 0.0256. The maximum Gasteiger partial charge on any atom is 0.410 e. The van der Waals surface area contributed by atoms with E-state index in [0.29, 0.717) is 6.04 Å². The van der Waals surface area contributed by atoms with Gasteiger partial charge in [-0.05, 0) is 59.4 Å². The molecule has 2 atom stereocenters. The highest BCUT2D eigenvalue weighted by Crippen LogP contribution is 2.15. The van der Waals surface area contributed by atoms with Crippen molar-refractivity contribution in [2.24, 2.45) is 0 Å². The zero-order valence-corrected chi connectivity index (χ0v) is 14.0. The molecule has 2 N–H and O–H groups in total. The Morgan fingerprint density at radius 3 is 2.71 bits per heavy atom. The number of hydrogen-bond donors (Lipinski definition) is 2. The third kappa shape index (κ3) is 7.67. The summed E-state index contributed by atoms with van der Waals surface area (Å²) in [6.07, 6.45) is 4.20. The number of rotatable bonds is 5. The molecule has 1 heterocycles. The molecule has 1 saturated heterocycles. The molecular formula is C16H32N2O3. The van der Waals surface area contributed by atoms with Crippen LogP contribution in [0.2, 0.25) is 0 Å². The molecule has 1 amide bonds. The molecule has 124 valence electrons. The number of amides is 1. The first-order valence-electron chi connectivity index (χ1n) is 8.21. The van der Waals surface area contributed by atoms with E-state index in [0.717, 1.165) is 51.7 Å². The summed E-state index contributed by atoms with van der Waals surface area (Å²) < 4.78 is 5.43. The fraction of sp³-hybridized carbons (Fsp3) is 0.938. The van der Waals surface area contributed by atoms with E-state index in [1.807, 2.05) is 32.6 Å². The maximum atomic E-state index is 12.1. The number of ether oxygens (including phenoxy) is 1. The third-order valence-electron chi connectivity index (χ3n) is 3.76. The van der Waals surface area contributed by atoms with Crippen LogP contribution in [0.3, 0.4) is 0 Å². The van der Waals surface area contributed by atoms with Crippen molar-refractivity contribution >= 4 is 6.09 Å². The first kappa shape index (κ1) is 18.2. The van der Waals surface area contributed by atoms with Gasteiger partial charge in [0.1, 0.15) is 5.60 Å². The average Bonchev–Trinajstić information content (AvgIpc) is 2.62. The normalized spacial score (nSPS) is 21.8. The lowest BCUT2D eigenvalue weighted by atomic mass is 10.1. The Morgan fingerprint density at radius 2 is 2.10 bits per heavy atom. The Balaban J connectivity index is 2.31. The monoisotopic (exact) mass is 300 g/mol. The standard InChI is InChI=1S/C16H32N2O3/c1-5-14(19)8-10-17-13-7-6-11-18(12-9-13)15(20)21-16(2,3)4/h13-14,17,19H,5-12H2,1-4H3. The molecular weight excluding hydrogens is 268 g/mol. The Bertz CT molecular complexity index is 315. The third-order valence-corrected chi connectivity index (χ3v) is 3.76. The van der Waals surface area contributed by atoms with Crippen LogP contribution in [-0.4, -0.2) is 53.5 Å². The number of aliphatic hydroxyl groups is 1. The second-order valence-corrected chi connectivity index (χ2v) is 6.90. The highest BCUT2D eigenvalue weighted by Gasteiger charge is 2.24. The molecule has 0 saturated carbocycles. The molecule has 0 spiro atoms. The summed E-state index contributed by atoms with van der Waals surface area (Å²) in [5.74, 6) is 0. The second-order valence-electron chi connectivity index (χ2n) is 6.90. The van der Waals surface area contributed by atoms with Crippen LogP contribution in [-0.2, 0) is 4.74 Å². The van der Waals surface area contributed by atoms with Crippen LogP contribution in [0.25, 0.3) is 0 Å². The average molecular weight is 300 g/mol. The van der Waals surface area contributed by atoms with Crippen molar-refractivity contribution in [1.82, 2.24) is 10.2 Å². The minimum Gasteiger partial charge on any atom is -0.444 e. The summed E-state index contributed by atoms with van der Waals surface area (Å²) in [4.78, 5) is 13.9. The molecule has 0 aromatic rings. The van der Waals surface area contributed by atoms with E-state index in [-0.39, 0.29) is 12.2 Å². The van der Waals surface area contributed by atoms with Crippen molar-refractivity contribution in [1.29, 1.82) is 0 Å². The molecule has 2 unspecified atom stereocenters. The number of nitrogens with one attached hydrogen (secondary N) is 1. The van der Waals surface area contributed by atoms with Crippen LogP contribution >= 0.6 is 0 Å². The van der Waals surface area contributed by atoms with E-state index >= 15 is 0 Å². The Labute approximate surface area is 129 Å². The van der Waals surface area contributed by atoms with Gasteiger partial charge in [-0.15, -0.1) is 0 Å². The Hall–Kier alpha value is -0.810. The number of hydrogen-bond acceptors (Lipinski definition) is 4. The molecule has 1 fully saturated rings. The molecule has 1 aliphatic heterocycles. The van der Waals surface area contributed by atoms with Gasteiger partial charge >= 0.3 is 6.09 Å². The van der Waals surface area contributed by atoms with Gasteiger partial charge in [0.2, 0.25) is 0 Å². The lowest BCUT2D eigenvalue weighted by Crippen LogP contribution is -2.38. The molecule has 21 heavy (non-hydrogen) atoms. The first-order chi connectivity index (χ1) is 9.81. The van der Waals surface area contributed by atoms with Gasteiger partial charge in [-0.25, -0.2) is 4.79 Å². The van der Waals surface area contributed by atoms with E-state index in [1.54, 1.807) is 0 Å². The summed E-state index contributed by atoms with van der Waals surface area (Å²) in [6, 6.07) is 0.432. The fourth-order valence-electron chi connectivity index (χ4n) is 2.47. The van der Waals surface area contributed by atoms with Crippen LogP contribution in [0.15, 0.2) is 0 Å². The molecule has 0 bridgehead atoms.